The fraction of sp³-hybridized carbons (Fsp3) is 0.100. The van der Waals surface area contributed by atoms with Gasteiger partial charge in [-0.15, -0.1) is 0 Å². The van der Waals surface area contributed by atoms with Crippen molar-refractivity contribution < 1.29 is 4.42 Å². The van der Waals surface area contributed by atoms with E-state index in [0.29, 0.717) is 0 Å². The summed E-state index contributed by atoms with van der Waals surface area (Å²) in [6, 6.07) is 12.9. The van der Waals surface area contributed by atoms with Crippen LogP contribution in [0.1, 0.15) is 18.2 Å². The van der Waals surface area contributed by atoms with Gasteiger partial charge in [-0.3, -0.25) is 0 Å². The SMILES string of the molecule is C=Cc1oc2cc3c(cc2c1C=CC)c1ccccc1n3C. The van der Waals surface area contributed by atoms with Crippen molar-refractivity contribution in [2.75, 3.05) is 0 Å². The maximum absolute atomic E-state index is 5.98. The molecule has 2 nitrogen and oxygen atoms in total. The molecule has 2 aromatic heterocycles. The minimum Gasteiger partial charge on any atom is -0.456 e. The van der Waals surface area contributed by atoms with Crippen molar-refractivity contribution in [1.29, 1.82) is 0 Å². The van der Waals surface area contributed by atoms with E-state index in [2.05, 4.69) is 60.7 Å². The first-order valence-electron chi connectivity index (χ1n) is 7.43. The van der Waals surface area contributed by atoms with Gasteiger partial charge in [0.25, 0.3) is 0 Å². The highest BCUT2D eigenvalue weighted by atomic mass is 16.3. The second kappa shape index (κ2) is 4.63. The molecule has 0 bridgehead atoms. The molecular weight excluding hydrogens is 270 g/mol. The lowest BCUT2D eigenvalue weighted by Gasteiger charge is -1.97. The Bertz CT molecular complexity index is 1060. The van der Waals surface area contributed by atoms with Gasteiger partial charge in [0.1, 0.15) is 11.3 Å². The molecule has 22 heavy (non-hydrogen) atoms. The lowest BCUT2D eigenvalue weighted by molar-refractivity contribution is 0.604. The van der Waals surface area contributed by atoms with Crippen LogP contribution in [0.5, 0.6) is 0 Å². The Morgan fingerprint density at radius 3 is 2.64 bits per heavy atom. The van der Waals surface area contributed by atoms with E-state index in [1.165, 1.54) is 21.8 Å². The van der Waals surface area contributed by atoms with Crippen molar-refractivity contribution in [3.8, 4) is 0 Å². The number of rotatable bonds is 2. The number of aromatic nitrogens is 1. The Balaban J connectivity index is 2.22. The third-order valence-electron chi connectivity index (χ3n) is 4.31. The molecule has 0 amide bonds. The number of aryl methyl sites for hydroxylation is 1. The summed E-state index contributed by atoms with van der Waals surface area (Å²) in [5.74, 6) is 0.827. The van der Waals surface area contributed by atoms with Crippen LogP contribution in [-0.2, 0) is 7.05 Å². The number of hydrogen-bond acceptors (Lipinski definition) is 1. The number of nitrogens with zero attached hydrogens (tertiary/aromatic N) is 1. The molecule has 0 saturated heterocycles. The molecular formula is C20H17NO. The highest BCUT2D eigenvalue weighted by Gasteiger charge is 2.14. The molecule has 0 spiro atoms. The zero-order chi connectivity index (χ0) is 15.3. The van der Waals surface area contributed by atoms with Gasteiger partial charge in [0.15, 0.2) is 0 Å². The highest BCUT2D eigenvalue weighted by molar-refractivity contribution is 6.13. The lowest BCUT2D eigenvalue weighted by atomic mass is 10.1. The number of allylic oxidation sites excluding steroid dienone is 1. The summed E-state index contributed by atoms with van der Waals surface area (Å²) in [5, 5.41) is 3.67. The standard InChI is InChI=1S/C20H17NO/c1-4-8-14-16-11-15-13-9-6-7-10-17(13)21(3)18(15)12-20(16)22-19(14)5-2/h4-12H,2H2,1,3H3. The average Bonchev–Trinajstić information content (AvgIpc) is 3.03. The van der Waals surface area contributed by atoms with Crippen LogP contribution in [0.25, 0.3) is 44.9 Å². The van der Waals surface area contributed by atoms with Crippen LogP contribution in [0.4, 0.5) is 0 Å². The van der Waals surface area contributed by atoms with E-state index >= 15 is 0 Å². The van der Waals surface area contributed by atoms with E-state index < -0.39 is 0 Å². The molecule has 0 aliphatic carbocycles. The van der Waals surface area contributed by atoms with Crippen LogP contribution in [0.2, 0.25) is 0 Å². The normalized spacial score (nSPS) is 12.1. The van der Waals surface area contributed by atoms with Crippen molar-refractivity contribution in [2.24, 2.45) is 7.05 Å². The highest BCUT2D eigenvalue weighted by Crippen LogP contribution is 2.35. The molecule has 2 aromatic carbocycles. The fourth-order valence-corrected chi connectivity index (χ4v) is 3.28. The summed E-state index contributed by atoms with van der Waals surface area (Å²) in [5.41, 5.74) is 4.43. The van der Waals surface area contributed by atoms with Crippen LogP contribution in [0.3, 0.4) is 0 Å². The summed E-state index contributed by atoms with van der Waals surface area (Å²) < 4.78 is 8.20. The van der Waals surface area contributed by atoms with E-state index in [4.69, 9.17) is 4.42 Å². The second-order valence-electron chi connectivity index (χ2n) is 5.53. The summed E-state index contributed by atoms with van der Waals surface area (Å²) in [4.78, 5) is 0. The van der Waals surface area contributed by atoms with Gasteiger partial charge in [-0.05, 0) is 25.1 Å². The van der Waals surface area contributed by atoms with Crippen LogP contribution >= 0.6 is 0 Å². The largest absolute Gasteiger partial charge is 0.456 e. The van der Waals surface area contributed by atoms with Gasteiger partial charge < -0.3 is 8.98 Å². The molecule has 0 aliphatic heterocycles. The van der Waals surface area contributed by atoms with Gasteiger partial charge >= 0.3 is 0 Å². The Labute approximate surface area is 129 Å². The number of furan rings is 1. The Hall–Kier alpha value is -2.74. The molecule has 4 aromatic rings. The minimum absolute atomic E-state index is 0.827. The monoisotopic (exact) mass is 287 g/mol. The van der Waals surface area contributed by atoms with Gasteiger partial charge in [0, 0.05) is 40.4 Å². The third-order valence-corrected chi connectivity index (χ3v) is 4.31. The van der Waals surface area contributed by atoms with E-state index in [1.54, 1.807) is 6.08 Å². The predicted octanol–water partition coefficient (Wildman–Crippen LogP) is 5.75. The van der Waals surface area contributed by atoms with Gasteiger partial charge in [0.2, 0.25) is 0 Å². The van der Waals surface area contributed by atoms with Gasteiger partial charge in [-0.2, -0.15) is 0 Å². The Morgan fingerprint density at radius 1 is 1.05 bits per heavy atom. The fourth-order valence-electron chi connectivity index (χ4n) is 3.28. The smallest absolute Gasteiger partial charge is 0.137 e. The van der Waals surface area contributed by atoms with Gasteiger partial charge in [-0.25, -0.2) is 0 Å². The van der Waals surface area contributed by atoms with Crippen molar-refractivity contribution >= 4 is 44.9 Å². The van der Waals surface area contributed by atoms with E-state index in [1.807, 2.05) is 13.0 Å². The number of fused-ring (bicyclic) bond motifs is 4. The van der Waals surface area contributed by atoms with Crippen LogP contribution in [-0.4, -0.2) is 4.57 Å². The lowest BCUT2D eigenvalue weighted by Crippen LogP contribution is -1.85. The molecule has 0 N–H and O–H groups in total. The predicted molar refractivity (Wildman–Crippen MR) is 95.0 cm³/mol. The van der Waals surface area contributed by atoms with Gasteiger partial charge in [0.05, 0.1) is 5.52 Å². The van der Waals surface area contributed by atoms with Gasteiger partial charge in [-0.1, -0.05) is 36.9 Å². The summed E-state index contributed by atoms with van der Waals surface area (Å²) in [7, 11) is 2.10. The number of para-hydroxylation sites is 1. The minimum atomic E-state index is 0.827. The van der Waals surface area contributed by atoms with Crippen molar-refractivity contribution in [2.45, 2.75) is 6.92 Å². The first kappa shape index (κ1) is 13.0. The molecule has 0 atom stereocenters. The zero-order valence-corrected chi connectivity index (χ0v) is 12.8. The average molecular weight is 287 g/mol. The summed E-state index contributed by atoms with van der Waals surface area (Å²) >= 11 is 0. The van der Waals surface area contributed by atoms with Crippen molar-refractivity contribution in [3.05, 3.63) is 60.4 Å². The number of benzene rings is 2. The molecule has 0 saturated carbocycles. The number of hydrogen-bond donors (Lipinski definition) is 0. The molecule has 0 unspecified atom stereocenters. The van der Waals surface area contributed by atoms with Crippen molar-refractivity contribution in [1.82, 2.24) is 4.57 Å². The Morgan fingerprint density at radius 2 is 1.86 bits per heavy atom. The maximum Gasteiger partial charge on any atom is 0.137 e. The first-order chi connectivity index (χ1) is 10.7. The maximum atomic E-state index is 5.98. The van der Waals surface area contributed by atoms with E-state index in [9.17, 15) is 0 Å². The van der Waals surface area contributed by atoms with E-state index in [0.717, 1.165) is 22.3 Å². The van der Waals surface area contributed by atoms with Crippen LogP contribution in [0.15, 0.2) is 53.5 Å². The molecule has 0 fully saturated rings. The Kier molecular flexibility index (Phi) is 2.73. The molecule has 0 aliphatic rings. The molecule has 2 heteroatoms. The topological polar surface area (TPSA) is 18.1 Å². The summed E-state index contributed by atoms with van der Waals surface area (Å²) in [6.07, 6.45) is 5.89. The molecule has 108 valence electrons. The zero-order valence-electron chi connectivity index (χ0n) is 12.8. The second-order valence-corrected chi connectivity index (χ2v) is 5.53. The first-order valence-corrected chi connectivity index (χ1v) is 7.43. The third kappa shape index (κ3) is 1.61. The quantitative estimate of drug-likeness (QED) is 0.459. The van der Waals surface area contributed by atoms with Crippen LogP contribution < -0.4 is 0 Å². The van der Waals surface area contributed by atoms with Crippen LogP contribution in [0, 0.1) is 0 Å². The summed E-state index contributed by atoms with van der Waals surface area (Å²) in [6.45, 7) is 5.88. The molecule has 0 radical (unpaired) electrons. The van der Waals surface area contributed by atoms with E-state index in [-0.39, 0.29) is 0 Å². The molecule has 2 heterocycles. The van der Waals surface area contributed by atoms with Crippen molar-refractivity contribution in [3.63, 3.8) is 0 Å². The molecule has 4 rings (SSSR count).